The Labute approximate surface area is 210 Å². The molecule has 0 saturated heterocycles. The average Bonchev–Trinajstić information content (AvgIpc) is 3.28. The maximum absolute atomic E-state index is 12.6. The number of nitrogens with zero attached hydrogens (tertiary/aromatic N) is 3. The van der Waals surface area contributed by atoms with E-state index in [0.29, 0.717) is 12.8 Å². The van der Waals surface area contributed by atoms with E-state index in [-0.39, 0.29) is 36.6 Å². The van der Waals surface area contributed by atoms with Crippen LogP contribution in [0.3, 0.4) is 0 Å². The zero-order valence-corrected chi connectivity index (χ0v) is 20.8. The summed E-state index contributed by atoms with van der Waals surface area (Å²) in [6.07, 6.45) is 3.93. The highest BCUT2D eigenvalue weighted by atomic mass is 16.5. The topological polar surface area (TPSA) is 105 Å². The van der Waals surface area contributed by atoms with Gasteiger partial charge < -0.3 is 19.5 Å². The third-order valence-electron chi connectivity index (χ3n) is 7.96. The van der Waals surface area contributed by atoms with Gasteiger partial charge in [-0.25, -0.2) is 9.78 Å². The van der Waals surface area contributed by atoms with Crippen LogP contribution in [-0.2, 0) is 16.0 Å². The molecule has 1 unspecified atom stereocenters. The lowest BCUT2D eigenvalue weighted by Crippen LogP contribution is -2.42. The van der Waals surface area contributed by atoms with Crippen molar-refractivity contribution < 1.29 is 24.5 Å². The number of aliphatic hydroxyl groups is 1. The number of anilines is 1. The summed E-state index contributed by atoms with van der Waals surface area (Å²) in [6.45, 7) is 1.93. The van der Waals surface area contributed by atoms with E-state index in [4.69, 9.17) is 9.72 Å². The first-order valence-electron chi connectivity index (χ1n) is 12.7. The van der Waals surface area contributed by atoms with Crippen LogP contribution in [-0.4, -0.2) is 51.6 Å². The minimum absolute atomic E-state index is 0.0183. The number of carboxylic acid groups (broad SMARTS) is 1. The van der Waals surface area contributed by atoms with Crippen molar-refractivity contribution in [3.05, 3.63) is 59.4 Å². The van der Waals surface area contributed by atoms with E-state index in [1.54, 1.807) is 4.90 Å². The number of hydrogen-bond acceptors (Lipinski definition) is 5. The van der Waals surface area contributed by atoms with Crippen molar-refractivity contribution in [1.82, 2.24) is 9.55 Å². The Bertz CT molecular complexity index is 1260. The second-order valence-corrected chi connectivity index (χ2v) is 9.99. The highest BCUT2D eigenvalue weighted by molar-refractivity contribution is 5.95. The van der Waals surface area contributed by atoms with Crippen molar-refractivity contribution in [2.75, 3.05) is 18.6 Å². The molecule has 36 heavy (non-hydrogen) atoms. The molecular weight excluding hydrogens is 458 g/mol. The number of imidazole rings is 1. The number of aliphatic carboxylic acids is 1. The summed E-state index contributed by atoms with van der Waals surface area (Å²) in [5.41, 5.74) is 4.63. The van der Waals surface area contributed by atoms with Crippen molar-refractivity contribution in [3.63, 3.8) is 0 Å². The molecule has 5 rings (SSSR count). The number of methoxy groups -OCH3 is 1. The van der Waals surface area contributed by atoms with Gasteiger partial charge in [0, 0.05) is 17.6 Å². The molecule has 1 amide bonds. The van der Waals surface area contributed by atoms with Gasteiger partial charge in [0.15, 0.2) is 0 Å². The van der Waals surface area contributed by atoms with Crippen molar-refractivity contribution in [1.29, 1.82) is 0 Å². The SMILES string of the molecule is COC(=O)N1c2ccc3c(nc([C@@H](CO)c4ccccc4)n3C3CCC(C(=O)O)CC3)c2CCC1C. The van der Waals surface area contributed by atoms with Crippen LogP contribution < -0.4 is 4.90 Å². The van der Waals surface area contributed by atoms with E-state index in [1.807, 2.05) is 49.4 Å². The second-order valence-electron chi connectivity index (χ2n) is 9.99. The van der Waals surface area contributed by atoms with Crippen LogP contribution >= 0.6 is 0 Å². The Morgan fingerprint density at radius 2 is 1.81 bits per heavy atom. The highest BCUT2D eigenvalue weighted by Gasteiger charge is 2.35. The standard InChI is InChI=1S/C28H33N3O5/c1-17-8-13-21-23(30(17)28(35)36-2)14-15-24-25(21)29-26(22(16-32)18-6-4-3-5-7-18)31(24)20-11-9-19(10-12-20)27(33)34/h3-7,14-15,17,19-20,22,32H,8-13,16H2,1-2H3,(H,33,34)/t17?,19?,20?,22-/m0/s1. The number of aromatic nitrogens is 2. The number of aryl methyl sites for hydroxylation is 1. The molecule has 1 aliphatic carbocycles. The summed E-state index contributed by atoms with van der Waals surface area (Å²) in [6, 6.07) is 14.0. The van der Waals surface area contributed by atoms with E-state index in [1.165, 1.54) is 7.11 Å². The van der Waals surface area contributed by atoms with Gasteiger partial charge in [0.05, 0.1) is 42.3 Å². The molecule has 2 aromatic carbocycles. The van der Waals surface area contributed by atoms with Gasteiger partial charge in [-0.15, -0.1) is 0 Å². The van der Waals surface area contributed by atoms with Crippen LogP contribution in [0.25, 0.3) is 11.0 Å². The molecule has 0 bridgehead atoms. The van der Waals surface area contributed by atoms with Gasteiger partial charge >= 0.3 is 12.1 Å². The molecular formula is C28H33N3O5. The minimum atomic E-state index is -0.729. The molecule has 1 saturated carbocycles. The number of carbonyl (C=O) groups is 2. The van der Waals surface area contributed by atoms with Crippen LogP contribution in [0.1, 0.15) is 67.9 Å². The van der Waals surface area contributed by atoms with Crippen LogP contribution in [0.5, 0.6) is 0 Å². The molecule has 0 radical (unpaired) electrons. The first kappa shape index (κ1) is 24.3. The quantitative estimate of drug-likeness (QED) is 0.527. The first-order chi connectivity index (χ1) is 17.4. The van der Waals surface area contributed by atoms with Crippen molar-refractivity contribution >= 4 is 28.8 Å². The Hall–Kier alpha value is -3.39. The number of benzene rings is 2. The predicted molar refractivity (Wildman–Crippen MR) is 136 cm³/mol. The van der Waals surface area contributed by atoms with Gasteiger partial charge in [-0.1, -0.05) is 30.3 Å². The smallest absolute Gasteiger partial charge is 0.414 e. The fourth-order valence-corrected chi connectivity index (χ4v) is 6.02. The predicted octanol–water partition coefficient (Wildman–Crippen LogP) is 4.88. The van der Waals surface area contributed by atoms with Crippen LogP contribution in [0.4, 0.5) is 10.5 Å². The lowest BCUT2D eigenvalue weighted by Gasteiger charge is -2.34. The molecule has 3 aromatic rings. The average molecular weight is 492 g/mol. The van der Waals surface area contributed by atoms with Crippen LogP contribution in [0.15, 0.2) is 42.5 Å². The van der Waals surface area contributed by atoms with Gasteiger partial charge in [-0.3, -0.25) is 9.69 Å². The van der Waals surface area contributed by atoms with E-state index in [2.05, 4.69) is 4.57 Å². The van der Waals surface area contributed by atoms with Crippen LogP contribution in [0.2, 0.25) is 0 Å². The third kappa shape index (κ3) is 4.13. The Balaban J connectivity index is 1.67. The van der Waals surface area contributed by atoms with Gasteiger partial charge in [0.2, 0.25) is 0 Å². The summed E-state index contributed by atoms with van der Waals surface area (Å²) >= 11 is 0. The number of aliphatic hydroxyl groups excluding tert-OH is 1. The fourth-order valence-electron chi connectivity index (χ4n) is 6.02. The lowest BCUT2D eigenvalue weighted by atomic mass is 9.85. The molecule has 8 nitrogen and oxygen atoms in total. The molecule has 1 aromatic heterocycles. The summed E-state index contributed by atoms with van der Waals surface area (Å²) in [5, 5.41) is 20.0. The van der Waals surface area contributed by atoms with E-state index in [0.717, 1.165) is 59.4 Å². The van der Waals surface area contributed by atoms with E-state index in [9.17, 15) is 19.8 Å². The first-order valence-corrected chi connectivity index (χ1v) is 12.7. The number of ether oxygens (including phenoxy) is 1. The van der Waals surface area contributed by atoms with Crippen molar-refractivity contribution in [2.24, 2.45) is 5.92 Å². The van der Waals surface area contributed by atoms with Crippen molar-refractivity contribution in [3.8, 4) is 0 Å². The molecule has 190 valence electrons. The molecule has 8 heteroatoms. The molecule has 0 spiro atoms. The number of hydrogen-bond donors (Lipinski definition) is 2. The Kier molecular flexibility index (Phi) is 6.71. The van der Waals surface area contributed by atoms with Gasteiger partial charge in [-0.05, 0) is 63.1 Å². The van der Waals surface area contributed by atoms with Gasteiger partial charge in [0.1, 0.15) is 5.82 Å². The molecule has 1 aliphatic heterocycles. The third-order valence-corrected chi connectivity index (χ3v) is 7.96. The molecule has 1 fully saturated rings. The number of rotatable bonds is 5. The normalized spacial score (nSPS) is 22.8. The number of carboxylic acids is 1. The Morgan fingerprint density at radius 3 is 2.44 bits per heavy atom. The Morgan fingerprint density at radius 1 is 1.08 bits per heavy atom. The fraction of sp³-hybridized carbons (Fsp3) is 0.464. The number of fused-ring (bicyclic) bond motifs is 3. The van der Waals surface area contributed by atoms with Gasteiger partial charge in [0.25, 0.3) is 0 Å². The zero-order valence-electron chi connectivity index (χ0n) is 20.8. The second kappa shape index (κ2) is 9.93. The number of amides is 1. The van der Waals surface area contributed by atoms with Crippen LogP contribution in [0, 0.1) is 5.92 Å². The summed E-state index contributed by atoms with van der Waals surface area (Å²) in [7, 11) is 1.40. The maximum Gasteiger partial charge on any atom is 0.414 e. The monoisotopic (exact) mass is 491 g/mol. The van der Waals surface area contributed by atoms with E-state index >= 15 is 0 Å². The summed E-state index contributed by atoms with van der Waals surface area (Å²) in [4.78, 5) is 31.0. The van der Waals surface area contributed by atoms with Gasteiger partial charge in [-0.2, -0.15) is 0 Å². The number of carbonyl (C=O) groups excluding carboxylic acids is 1. The van der Waals surface area contributed by atoms with Crippen molar-refractivity contribution in [2.45, 2.75) is 63.5 Å². The zero-order chi connectivity index (χ0) is 25.4. The molecule has 2 aliphatic rings. The van der Waals surface area contributed by atoms with E-state index < -0.39 is 5.97 Å². The lowest BCUT2D eigenvalue weighted by molar-refractivity contribution is -0.143. The molecule has 2 N–H and O–H groups in total. The largest absolute Gasteiger partial charge is 0.481 e. The minimum Gasteiger partial charge on any atom is -0.481 e. The maximum atomic E-state index is 12.6. The summed E-state index contributed by atoms with van der Waals surface area (Å²) < 4.78 is 7.31. The molecule has 2 atom stereocenters. The highest BCUT2D eigenvalue weighted by Crippen LogP contribution is 2.42. The molecule has 2 heterocycles. The summed E-state index contributed by atoms with van der Waals surface area (Å²) in [5.74, 6) is -0.572.